The van der Waals surface area contributed by atoms with E-state index < -0.39 is 0 Å². The van der Waals surface area contributed by atoms with Crippen molar-refractivity contribution in [1.29, 1.82) is 0 Å². The molecule has 1 aliphatic heterocycles. The first-order chi connectivity index (χ1) is 13.3. The topological polar surface area (TPSA) is 133 Å². The molecule has 11 nitrogen and oxygen atoms in total. The van der Waals surface area contributed by atoms with Crippen LogP contribution in [-0.4, -0.2) is 49.5 Å². The van der Waals surface area contributed by atoms with E-state index >= 15 is 0 Å². The molecule has 3 heterocycles. The van der Waals surface area contributed by atoms with E-state index in [1.807, 2.05) is 12.1 Å². The molecular weight excluding hydrogens is 352 g/mol. The number of hydrogen-bond donors (Lipinski definition) is 2. The first-order valence-electron chi connectivity index (χ1n) is 8.61. The molecule has 0 spiro atoms. The van der Waals surface area contributed by atoms with E-state index in [-0.39, 0.29) is 12.1 Å². The van der Waals surface area contributed by atoms with Crippen molar-refractivity contribution in [2.24, 2.45) is 0 Å². The molecule has 1 aromatic carbocycles. The molecule has 1 aliphatic rings. The van der Waals surface area contributed by atoms with Gasteiger partial charge in [0.25, 0.3) is 5.89 Å². The third-order valence-electron chi connectivity index (χ3n) is 4.07. The molecule has 2 N–H and O–H groups in total. The van der Waals surface area contributed by atoms with Crippen LogP contribution in [0.4, 0.5) is 10.5 Å². The Kier molecular flexibility index (Phi) is 5.01. The van der Waals surface area contributed by atoms with Gasteiger partial charge in [0.2, 0.25) is 0 Å². The van der Waals surface area contributed by atoms with E-state index in [1.54, 1.807) is 12.1 Å². The van der Waals surface area contributed by atoms with Gasteiger partial charge in [0.15, 0.2) is 5.82 Å². The van der Waals surface area contributed by atoms with Crippen molar-refractivity contribution in [3.8, 4) is 5.69 Å². The number of carbonyl (C=O) groups is 1. The van der Waals surface area contributed by atoms with Crippen LogP contribution < -0.4 is 10.6 Å². The summed E-state index contributed by atoms with van der Waals surface area (Å²) in [7, 11) is 0. The Morgan fingerprint density at radius 2 is 2.26 bits per heavy atom. The zero-order valence-electron chi connectivity index (χ0n) is 14.4. The lowest BCUT2D eigenvalue weighted by Gasteiger charge is -2.10. The fourth-order valence-corrected chi connectivity index (χ4v) is 2.78. The molecule has 3 aromatic rings. The van der Waals surface area contributed by atoms with Crippen LogP contribution in [0.25, 0.3) is 5.69 Å². The molecule has 0 aliphatic carbocycles. The molecule has 1 saturated heterocycles. The fourth-order valence-electron chi connectivity index (χ4n) is 2.78. The molecule has 27 heavy (non-hydrogen) atoms. The van der Waals surface area contributed by atoms with Gasteiger partial charge in [-0.05, 0) is 35.4 Å². The van der Waals surface area contributed by atoms with Gasteiger partial charge in [-0.3, -0.25) is 0 Å². The zero-order valence-corrected chi connectivity index (χ0v) is 14.4. The molecule has 11 heteroatoms. The van der Waals surface area contributed by atoms with Crippen LogP contribution in [0.2, 0.25) is 0 Å². The molecule has 0 bridgehead atoms. The van der Waals surface area contributed by atoms with E-state index in [0.29, 0.717) is 36.1 Å². The van der Waals surface area contributed by atoms with E-state index in [9.17, 15) is 4.79 Å². The van der Waals surface area contributed by atoms with Crippen molar-refractivity contribution in [1.82, 2.24) is 35.7 Å². The van der Waals surface area contributed by atoms with E-state index in [1.165, 1.54) is 11.0 Å². The lowest BCUT2D eigenvalue weighted by Crippen LogP contribution is -2.31. The second kappa shape index (κ2) is 7.91. The number of benzene rings is 1. The number of carbonyl (C=O) groups excluding carboxylic acids is 1. The van der Waals surface area contributed by atoms with Crippen LogP contribution in [0, 0.1) is 0 Å². The van der Waals surface area contributed by atoms with Gasteiger partial charge in [0.05, 0.1) is 11.4 Å². The molecule has 2 aromatic heterocycles. The maximum absolute atomic E-state index is 12.2. The van der Waals surface area contributed by atoms with Crippen molar-refractivity contribution in [3.63, 3.8) is 0 Å². The maximum atomic E-state index is 12.2. The number of anilines is 1. The van der Waals surface area contributed by atoms with Crippen molar-refractivity contribution >= 4 is 11.7 Å². The van der Waals surface area contributed by atoms with Gasteiger partial charge in [0.1, 0.15) is 12.4 Å². The predicted octanol–water partition coefficient (Wildman–Crippen LogP) is 1.26. The Balaban J connectivity index is 1.29. The van der Waals surface area contributed by atoms with Crippen molar-refractivity contribution in [3.05, 3.63) is 42.3 Å². The summed E-state index contributed by atoms with van der Waals surface area (Å²) in [5.74, 6) is 1.04. The number of amides is 2. The van der Waals surface area contributed by atoms with E-state index in [2.05, 4.69) is 36.3 Å². The highest BCUT2D eigenvalue weighted by Crippen LogP contribution is 2.26. The van der Waals surface area contributed by atoms with E-state index in [0.717, 1.165) is 19.4 Å². The summed E-state index contributed by atoms with van der Waals surface area (Å²) in [5.41, 5.74) is 1.25. The molecule has 0 radical (unpaired) electrons. The Bertz CT molecular complexity index is 889. The summed E-state index contributed by atoms with van der Waals surface area (Å²) in [6.07, 6.45) is 3.70. The number of ether oxygens (including phenoxy) is 1. The van der Waals surface area contributed by atoms with Crippen molar-refractivity contribution in [2.75, 3.05) is 18.5 Å². The minimum absolute atomic E-state index is 0.106. The van der Waals surface area contributed by atoms with Gasteiger partial charge in [-0.2, -0.15) is 9.67 Å². The third kappa shape index (κ3) is 4.08. The SMILES string of the molecule is O=C(NCCc1noc(C2CCCO2)n1)Nc1ccccc1-n1cnnn1. The Morgan fingerprint density at radius 3 is 3.07 bits per heavy atom. The molecule has 140 valence electrons. The summed E-state index contributed by atoms with van der Waals surface area (Å²) in [6, 6.07) is 6.87. The minimum atomic E-state index is -0.349. The highest BCUT2D eigenvalue weighted by atomic mass is 16.5. The summed E-state index contributed by atoms with van der Waals surface area (Å²) < 4.78 is 12.2. The number of nitrogens with zero attached hydrogens (tertiary/aromatic N) is 6. The first-order valence-corrected chi connectivity index (χ1v) is 8.61. The van der Waals surface area contributed by atoms with Crippen LogP contribution in [-0.2, 0) is 11.2 Å². The maximum Gasteiger partial charge on any atom is 0.319 e. The number of rotatable bonds is 6. The van der Waals surface area contributed by atoms with Crippen molar-refractivity contribution < 1.29 is 14.1 Å². The highest BCUT2D eigenvalue weighted by Gasteiger charge is 2.23. The number of aromatic nitrogens is 6. The second-order valence-electron chi connectivity index (χ2n) is 5.95. The van der Waals surface area contributed by atoms with Crippen LogP contribution in [0.5, 0.6) is 0 Å². The van der Waals surface area contributed by atoms with Crippen LogP contribution >= 0.6 is 0 Å². The average molecular weight is 370 g/mol. The lowest BCUT2D eigenvalue weighted by atomic mass is 10.2. The summed E-state index contributed by atoms with van der Waals surface area (Å²) in [5, 5.41) is 20.5. The van der Waals surface area contributed by atoms with Crippen LogP contribution in [0.1, 0.15) is 30.7 Å². The third-order valence-corrected chi connectivity index (χ3v) is 4.07. The van der Waals surface area contributed by atoms with Crippen molar-refractivity contribution in [2.45, 2.75) is 25.4 Å². The normalized spacial score (nSPS) is 16.4. The molecule has 1 fully saturated rings. The molecule has 4 rings (SSSR count). The second-order valence-corrected chi connectivity index (χ2v) is 5.95. The van der Waals surface area contributed by atoms with Crippen LogP contribution in [0.15, 0.2) is 35.1 Å². The quantitative estimate of drug-likeness (QED) is 0.662. The van der Waals surface area contributed by atoms with Crippen LogP contribution in [0.3, 0.4) is 0 Å². The largest absolute Gasteiger partial charge is 0.368 e. The highest BCUT2D eigenvalue weighted by molar-refractivity contribution is 5.91. The lowest BCUT2D eigenvalue weighted by molar-refractivity contribution is 0.0835. The molecule has 1 atom stereocenters. The molecular formula is C16H18N8O3. The number of nitrogens with one attached hydrogen (secondary N) is 2. The van der Waals surface area contributed by atoms with Gasteiger partial charge >= 0.3 is 6.03 Å². The standard InChI is InChI=1S/C16H18N8O3/c25-16(19-11-4-1-2-5-12(11)24-10-18-22-23-24)17-8-7-14-20-15(27-21-14)13-6-3-9-26-13/h1-2,4-5,10,13H,3,6-9H2,(H2,17,19,25). The number of tetrazole rings is 1. The Morgan fingerprint density at radius 1 is 1.33 bits per heavy atom. The number of hydrogen-bond acceptors (Lipinski definition) is 8. The number of para-hydroxylation sites is 2. The molecule has 2 amide bonds. The Labute approximate surface area is 154 Å². The Hall–Kier alpha value is -3.34. The average Bonchev–Trinajstić information content (AvgIpc) is 3.44. The minimum Gasteiger partial charge on any atom is -0.368 e. The zero-order chi connectivity index (χ0) is 18.5. The molecule has 1 unspecified atom stereocenters. The summed E-state index contributed by atoms with van der Waals surface area (Å²) in [4.78, 5) is 16.5. The summed E-state index contributed by atoms with van der Waals surface area (Å²) >= 11 is 0. The van der Waals surface area contributed by atoms with Gasteiger partial charge in [-0.15, -0.1) is 5.10 Å². The van der Waals surface area contributed by atoms with Gasteiger partial charge in [0, 0.05) is 19.6 Å². The smallest absolute Gasteiger partial charge is 0.319 e. The fraction of sp³-hybridized carbons (Fsp3) is 0.375. The molecule has 0 saturated carbocycles. The monoisotopic (exact) mass is 370 g/mol. The van der Waals surface area contributed by atoms with Gasteiger partial charge in [-0.25, -0.2) is 4.79 Å². The van der Waals surface area contributed by atoms with Gasteiger partial charge < -0.3 is 19.9 Å². The first kappa shape index (κ1) is 17.1. The van der Waals surface area contributed by atoms with Gasteiger partial charge in [-0.1, -0.05) is 17.3 Å². The number of urea groups is 1. The summed E-state index contributed by atoms with van der Waals surface area (Å²) in [6.45, 7) is 1.08. The van der Waals surface area contributed by atoms with E-state index in [4.69, 9.17) is 9.26 Å². The predicted molar refractivity (Wildman–Crippen MR) is 92.1 cm³/mol.